The lowest BCUT2D eigenvalue weighted by Gasteiger charge is -2.48. The number of hydrogen-bond donors (Lipinski definition) is 1. The first-order chi connectivity index (χ1) is 32.8. The van der Waals surface area contributed by atoms with Crippen molar-refractivity contribution >= 4 is 59.4 Å². The zero-order valence-electron chi connectivity index (χ0n) is 39.2. The van der Waals surface area contributed by atoms with E-state index in [0.29, 0.717) is 16.8 Å². The Morgan fingerprint density at radius 1 is 0.536 bits per heavy atom. The Kier molecular flexibility index (Phi) is 21.2. The molecule has 0 unspecified atom stereocenters. The van der Waals surface area contributed by atoms with E-state index in [9.17, 15) is 43.2 Å². The number of benzene rings is 2. The summed E-state index contributed by atoms with van der Waals surface area (Å²) in [5.74, 6) is -7.93. The number of hydrogen-bond acceptors (Lipinski definition) is 22. The standard InChI is InChI=1S/C46H56N2O21/c1-9-58-36(56)20-47-44(57)33(48-37(31-16-12-10-13-17-31)32-18-14-11-15-19-32)21-61-45-42(65-29(7)54)41(64-28(6)53)39(35(67-45)23-60-25(3)50)69-46-43(66-30(8)55)40(63-27(5)52)38(62-26(4)51)34(68-46)22-59-24(2)49/h10-19,33-35,38-43,45-46H,9,20-23H2,1-8H3,(H,47,57)/t33-,34+,35+,38-,39+,40-,41-,42+,43+,45+,46-/m0/s1. The van der Waals surface area contributed by atoms with Crippen molar-refractivity contribution in [3.8, 4) is 0 Å². The predicted octanol–water partition coefficient (Wildman–Crippen LogP) is 1.21. The van der Waals surface area contributed by atoms with E-state index in [1.807, 2.05) is 0 Å². The van der Waals surface area contributed by atoms with Gasteiger partial charge in [0, 0.05) is 59.6 Å². The second kappa shape index (κ2) is 26.7. The van der Waals surface area contributed by atoms with Crippen molar-refractivity contribution in [1.29, 1.82) is 0 Å². The van der Waals surface area contributed by atoms with Gasteiger partial charge in [-0.2, -0.15) is 0 Å². The number of nitrogens with one attached hydrogen (secondary N) is 1. The van der Waals surface area contributed by atoms with Crippen LogP contribution in [0.1, 0.15) is 66.5 Å². The van der Waals surface area contributed by atoms with Gasteiger partial charge in [-0.3, -0.25) is 48.1 Å². The third-order valence-electron chi connectivity index (χ3n) is 9.70. The van der Waals surface area contributed by atoms with E-state index >= 15 is 0 Å². The van der Waals surface area contributed by atoms with Crippen LogP contribution in [0.4, 0.5) is 0 Å². The molecule has 0 radical (unpaired) electrons. The summed E-state index contributed by atoms with van der Waals surface area (Å²) in [5.41, 5.74) is 1.52. The van der Waals surface area contributed by atoms with E-state index in [0.717, 1.165) is 48.5 Å². The van der Waals surface area contributed by atoms with Crippen LogP contribution in [-0.2, 0) is 100.0 Å². The minimum atomic E-state index is -1.91. The molecule has 2 aromatic carbocycles. The average Bonchev–Trinajstić information content (AvgIpc) is 3.27. The van der Waals surface area contributed by atoms with Crippen molar-refractivity contribution in [1.82, 2.24) is 5.32 Å². The van der Waals surface area contributed by atoms with Gasteiger partial charge >= 0.3 is 47.8 Å². The Balaban J connectivity index is 1.85. The van der Waals surface area contributed by atoms with Gasteiger partial charge in [0.05, 0.1) is 18.9 Å². The molecular formula is C46H56N2O21. The van der Waals surface area contributed by atoms with Gasteiger partial charge < -0.3 is 62.2 Å². The summed E-state index contributed by atoms with van der Waals surface area (Å²) in [7, 11) is 0. The molecule has 0 saturated carbocycles. The molecule has 1 amide bonds. The number of carbonyl (C=O) groups is 9. The molecule has 4 rings (SSSR count). The summed E-state index contributed by atoms with van der Waals surface area (Å²) in [4.78, 5) is 119. The highest BCUT2D eigenvalue weighted by molar-refractivity contribution is 6.13. The maximum atomic E-state index is 14.0. The van der Waals surface area contributed by atoms with Crippen LogP contribution in [0, 0.1) is 0 Å². The Labute approximate surface area is 396 Å². The average molecular weight is 973 g/mol. The minimum Gasteiger partial charge on any atom is -0.465 e. The first kappa shape index (κ1) is 54.8. The number of amides is 1. The molecular weight excluding hydrogens is 916 g/mol. The lowest BCUT2D eigenvalue weighted by Crippen LogP contribution is -2.67. The maximum Gasteiger partial charge on any atom is 0.325 e. The van der Waals surface area contributed by atoms with Crippen molar-refractivity contribution in [2.45, 2.75) is 123 Å². The van der Waals surface area contributed by atoms with E-state index in [4.69, 9.17) is 61.8 Å². The zero-order chi connectivity index (χ0) is 50.8. The van der Waals surface area contributed by atoms with Crippen molar-refractivity contribution in [2.24, 2.45) is 4.99 Å². The number of ether oxygens (including phenoxy) is 12. The fourth-order valence-corrected chi connectivity index (χ4v) is 7.12. The SMILES string of the molecule is CCOC(=O)CNC(=O)[C@H](CO[C@@H]1O[C@H](COC(C)=O)[C@@H](O[C@@H]2O[C@H](COC(C)=O)[C@H](OC(C)=O)[C@H](OC(C)=O)[C@H]2OC(C)=O)[C@H](OC(C)=O)[C@H]1OC(C)=O)N=C(c1ccccc1)c1ccccc1. The van der Waals surface area contributed by atoms with E-state index in [2.05, 4.69) is 5.32 Å². The molecule has 2 saturated heterocycles. The van der Waals surface area contributed by atoms with Crippen molar-refractivity contribution in [3.63, 3.8) is 0 Å². The van der Waals surface area contributed by atoms with Gasteiger partial charge in [-0.1, -0.05) is 60.7 Å². The van der Waals surface area contributed by atoms with Crippen LogP contribution < -0.4 is 5.32 Å². The molecule has 1 N–H and O–H groups in total. The number of carbonyl (C=O) groups excluding carboxylic acids is 9. The minimum absolute atomic E-state index is 0.0402. The van der Waals surface area contributed by atoms with Crippen LogP contribution in [-0.4, -0.2) is 160 Å². The quantitative estimate of drug-likeness (QED) is 0.104. The molecule has 23 nitrogen and oxygen atoms in total. The molecule has 2 heterocycles. The molecule has 0 spiro atoms. The molecule has 0 aliphatic carbocycles. The Bertz CT molecular complexity index is 2110. The number of esters is 8. The van der Waals surface area contributed by atoms with Gasteiger partial charge in [0.25, 0.3) is 0 Å². The Hall–Kier alpha value is -6.82. The first-order valence-corrected chi connectivity index (χ1v) is 21.6. The van der Waals surface area contributed by atoms with Crippen LogP contribution in [0.2, 0.25) is 0 Å². The van der Waals surface area contributed by atoms with Crippen LogP contribution >= 0.6 is 0 Å². The molecule has 69 heavy (non-hydrogen) atoms. The third kappa shape index (κ3) is 17.0. The molecule has 0 bridgehead atoms. The summed E-state index contributed by atoms with van der Waals surface area (Å²) >= 11 is 0. The summed E-state index contributed by atoms with van der Waals surface area (Å²) < 4.78 is 68.5. The predicted molar refractivity (Wildman–Crippen MR) is 231 cm³/mol. The van der Waals surface area contributed by atoms with E-state index in [1.165, 1.54) is 0 Å². The Morgan fingerprint density at radius 2 is 0.957 bits per heavy atom. The van der Waals surface area contributed by atoms with Gasteiger partial charge in [-0.15, -0.1) is 0 Å². The summed E-state index contributed by atoms with van der Waals surface area (Å²) in [5, 5.41) is 2.49. The van der Waals surface area contributed by atoms with E-state index < -0.39 is 147 Å². The third-order valence-corrected chi connectivity index (χ3v) is 9.70. The van der Waals surface area contributed by atoms with Gasteiger partial charge in [0.2, 0.25) is 5.91 Å². The molecule has 376 valence electrons. The lowest BCUT2D eigenvalue weighted by molar-refractivity contribution is -0.361. The van der Waals surface area contributed by atoms with Crippen LogP contribution in [0.15, 0.2) is 65.7 Å². The number of nitrogens with zero attached hydrogens (tertiary/aromatic N) is 1. The summed E-state index contributed by atoms with van der Waals surface area (Å²) in [6.07, 6.45) is -17.2. The zero-order valence-corrected chi connectivity index (χ0v) is 39.2. The molecule has 23 heteroatoms. The fourth-order valence-electron chi connectivity index (χ4n) is 7.12. The maximum absolute atomic E-state index is 14.0. The van der Waals surface area contributed by atoms with Gasteiger partial charge in [-0.25, -0.2) is 0 Å². The van der Waals surface area contributed by atoms with E-state index in [-0.39, 0.29) is 6.61 Å². The van der Waals surface area contributed by atoms with E-state index in [1.54, 1.807) is 67.6 Å². The second-order valence-electron chi connectivity index (χ2n) is 15.2. The van der Waals surface area contributed by atoms with Gasteiger partial charge in [0.1, 0.15) is 38.1 Å². The molecule has 2 fully saturated rings. The number of rotatable bonds is 21. The summed E-state index contributed by atoms with van der Waals surface area (Å²) in [6, 6.07) is 16.2. The highest BCUT2D eigenvalue weighted by Gasteiger charge is 2.58. The fraction of sp³-hybridized carbons (Fsp3) is 0.522. The molecule has 0 aromatic heterocycles. The lowest BCUT2D eigenvalue weighted by atomic mass is 9.96. The van der Waals surface area contributed by atoms with Gasteiger partial charge in [-0.05, 0) is 6.92 Å². The topological polar surface area (TPSA) is 289 Å². The second-order valence-corrected chi connectivity index (χ2v) is 15.2. The van der Waals surface area contributed by atoms with Crippen molar-refractivity contribution in [2.75, 3.05) is 33.0 Å². The van der Waals surface area contributed by atoms with Gasteiger partial charge in [0.15, 0.2) is 49.1 Å². The van der Waals surface area contributed by atoms with Crippen molar-refractivity contribution in [3.05, 3.63) is 71.8 Å². The normalized spacial score (nSPS) is 24.4. The first-order valence-electron chi connectivity index (χ1n) is 21.6. The molecule has 2 aliphatic heterocycles. The van der Waals surface area contributed by atoms with Crippen LogP contribution in [0.25, 0.3) is 0 Å². The van der Waals surface area contributed by atoms with Crippen molar-refractivity contribution < 1.29 is 100.0 Å². The highest BCUT2D eigenvalue weighted by atomic mass is 16.8. The molecule has 2 aromatic rings. The largest absolute Gasteiger partial charge is 0.465 e. The monoisotopic (exact) mass is 972 g/mol. The van der Waals surface area contributed by atoms with Crippen LogP contribution in [0.5, 0.6) is 0 Å². The highest BCUT2D eigenvalue weighted by Crippen LogP contribution is 2.36. The molecule has 2 aliphatic rings. The molecule has 11 atom stereocenters. The van der Waals surface area contributed by atoms with Crippen LogP contribution in [0.3, 0.4) is 0 Å². The Morgan fingerprint density at radius 3 is 1.42 bits per heavy atom. The summed E-state index contributed by atoms with van der Waals surface area (Å²) in [6.45, 7) is 6.31. The number of aliphatic imine (C=N–C) groups is 1. The smallest absolute Gasteiger partial charge is 0.325 e.